The maximum atomic E-state index is 12.7. The highest BCUT2D eigenvalue weighted by Crippen LogP contribution is 2.45. The molecule has 160 valence electrons. The van der Waals surface area contributed by atoms with Gasteiger partial charge in [0.05, 0.1) is 20.8 Å². The van der Waals surface area contributed by atoms with Crippen molar-refractivity contribution in [3.05, 3.63) is 23.8 Å². The lowest BCUT2D eigenvalue weighted by molar-refractivity contribution is -0.168. The molecule has 0 heterocycles. The summed E-state index contributed by atoms with van der Waals surface area (Å²) in [6.45, 7) is 11.1. The molecule has 0 aromatic heterocycles. The molecule has 0 amide bonds. The predicted octanol–water partition coefficient (Wildman–Crippen LogP) is 4.26. The summed E-state index contributed by atoms with van der Waals surface area (Å²) in [4.78, 5) is 25.4. The van der Waals surface area contributed by atoms with E-state index < -0.39 is 25.7 Å². The van der Waals surface area contributed by atoms with Gasteiger partial charge in [-0.25, -0.2) is 0 Å². The largest absolute Gasteiger partial charge is 0.468 e. The number of fused-ring (bicyclic) bond motifs is 2. The van der Waals surface area contributed by atoms with Crippen LogP contribution in [0.4, 0.5) is 0 Å². The maximum Gasteiger partial charge on any atom is 0.324 e. The minimum Gasteiger partial charge on any atom is -0.468 e. The van der Waals surface area contributed by atoms with Gasteiger partial charge in [0.2, 0.25) is 0 Å². The lowest BCUT2D eigenvalue weighted by Crippen LogP contribution is -2.42. The van der Waals surface area contributed by atoms with Crippen LogP contribution in [-0.2, 0) is 23.5 Å². The highest BCUT2D eigenvalue weighted by atomic mass is 28.4. The van der Waals surface area contributed by atoms with Crippen molar-refractivity contribution in [1.82, 2.24) is 0 Å². The van der Waals surface area contributed by atoms with Crippen molar-refractivity contribution in [1.29, 1.82) is 0 Å². The van der Waals surface area contributed by atoms with Gasteiger partial charge in [-0.15, -0.1) is 0 Å². The Kier molecular flexibility index (Phi) is 7.18. The molecule has 2 atom stereocenters. The molecule has 0 aromatic carbocycles. The number of rotatable bonds is 7. The zero-order chi connectivity index (χ0) is 21.9. The summed E-state index contributed by atoms with van der Waals surface area (Å²) in [5.74, 6) is 5.47. The van der Waals surface area contributed by atoms with Gasteiger partial charge in [0.15, 0.2) is 13.7 Å². The van der Waals surface area contributed by atoms with Crippen LogP contribution in [0.5, 0.6) is 0 Å². The maximum absolute atomic E-state index is 12.7. The van der Waals surface area contributed by atoms with E-state index in [1.807, 2.05) is 0 Å². The first-order valence-corrected chi connectivity index (χ1v) is 13.0. The van der Waals surface area contributed by atoms with Crippen LogP contribution in [0.2, 0.25) is 18.1 Å². The van der Waals surface area contributed by atoms with Gasteiger partial charge in [0.25, 0.3) is 0 Å². The quantitative estimate of drug-likeness (QED) is 0.203. The summed E-state index contributed by atoms with van der Waals surface area (Å²) in [5, 5.41) is 0.0955. The number of ether oxygens (including phenoxy) is 2. The molecule has 2 aliphatic rings. The van der Waals surface area contributed by atoms with Crippen LogP contribution >= 0.6 is 0 Å². The van der Waals surface area contributed by atoms with Crippen molar-refractivity contribution < 1.29 is 23.5 Å². The van der Waals surface area contributed by atoms with Gasteiger partial charge in [0, 0.05) is 6.42 Å². The van der Waals surface area contributed by atoms with Crippen LogP contribution in [0.1, 0.15) is 40.0 Å². The molecule has 0 fully saturated rings. The van der Waals surface area contributed by atoms with E-state index in [9.17, 15) is 9.59 Å². The second-order valence-corrected chi connectivity index (χ2v) is 14.3. The van der Waals surface area contributed by atoms with Crippen LogP contribution in [0.15, 0.2) is 23.8 Å². The van der Waals surface area contributed by atoms with Gasteiger partial charge in [0.1, 0.15) is 0 Å². The first kappa shape index (κ1) is 23.4. The molecular weight excluding hydrogens is 384 g/mol. The van der Waals surface area contributed by atoms with Crippen molar-refractivity contribution in [3.63, 3.8) is 0 Å². The first-order chi connectivity index (χ1) is 13.5. The lowest BCUT2D eigenvalue weighted by Gasteiger charge is -2.35. The van der Waals surface area contributed by atoms with Crippen LogP contribution in [0.3, 0.4) is 0 Å². The van der Waals surface area contributed by atoms with Crippen molar-refractivity contribution >= 4 is 20.3 Å². The molecular formula is C23H34O5Si. The van der Waals surface area contributed by atoms with Crippen molar-refractivity contribution in [2.45, 2.75) is 58.2 Å². The second kappa shape index (κ2) is 8.89. The Morgan fingerprint density at radius 1 is 1.10 bits per heavy atom. The molecule has 0 radical (unpaired) electrons. The van der Waals surface area contributed by atoms with Crippen molar-refractivity contribution in [3.8, 4) is 11.8 Å². The van der Waals surface area contributed by atoms with E-state index in [0.29, 0.717) is 5.92 Å². The van der Waals surface area contributed by atoms with Gasteiger partial charge >= 0.3 is 11.9 Å². The minimum atomic E-state index is -1.90. The summed E-state index contributed by atoms with van der Waals surface area (Å²) in [6, 6.07) is 0. The van der Waals surface area contributed by atoms with Crippen LogP contribution < -0.4 is 0 Å². The fraction of sp³-hybridized carbons (Fsp3) is 0.652. The SMILES string of the molecule is COC(=O)C(CC#CCO[Si](C)(C)C(C)(C)C)(CC1=C[C@H]2C=C[C@@H]1C2)C(=O)OC. The number of carbonyl (C=O) groups excluding carboxylic acids is 2. The molecule has 0 spiro atoms. The summed E-state index contributed by atoms with van der Waals surface area (Å²) in [5.41, 5.74) is -0.356. The van der Waals surface area contributed by atoms with E-state index in [1.54, 1.807) is 0 Å². The Bertz CT molecular complexity index is 744. The first-order valence-electron chi connectivity index (χ1n) is 10.1. The predicted molar refractivity (Wildman–Crippen MR) is 115 cm³/mol. The third-order valence-corrected chi connectivity index (χ3v) is 11.0. The molecule has 5 nitrogen and oxygen atoms in total. The number of allylic oxidation sites excluding steroid dienone is 4. The summed E-state index contributed by atoms with van der Waals surface area (Å²) >= 11 is 0. The minimum absolute atomic E-state index is 0.0473. The molecule has 2 aliphatic carbocycles. The van der Waals surface area contributed by atoms with Gasteiger partial charge in [-0.05, 0) is 42.8 Å². The summed E-state index contributed by atoms with van der Waals surface area (Å²) in [6.07, 6.45) is 7.81. The average molecular weight is 419 g/mol. The van der Waals surface area contributed by atoms with Crippen molar-refractivity contribution in [2.24, 2.45) is 17.3 Å². The third-order valence-electron chi connectivity index (χ3n) is 6.51. The summed E-state index contributed by atoms with van der Waals surface area (Å²) < 4.78 is 16.1. The zero-order valence-corrected chi connectivity index (χ0v) is 19.8. The van der Waals surface area contributed by atoms with Crippen LogP contribution in [0.25, 0.3) is 0 Å². The van der Waals surface area contributed by atoms with Crippen LogP contribution in [-0.4, -0.2) is 41.1 Å². The Hall–Kier alpha value is -1.84. The number of hydrogen-bond acceptors (Lipinski definition) is 5. The second-order valence-electron chi connectivity index (χ2n) is 9.45. The Morgan fingerprint density at radius 3 is 2.17 bits per heavy atom. The molecule has 0 aromatic rings. The number of hydrogen-bond donors (Lipinski definition) is 0. The zero-order valence-electron chi connectivity index (χ0n) is 18.8. The van der Waals surface area contributed by atoms with E-state index in [0.717, 1.165) is 12.0 Å². The number of carbonyl (C=O) groups is 2. The highest BCUT2D eigenvalue weighted by molar-refractivity contribution is 6.74. The van der Waals surface area contributed by atoms with Gasteiger partial charge < -0.3 is 13.9 Å². The molecule has 2 rings (SSSR count). The molecule has 29 heavy (non-hydrogen) atoms. The normalized spacial score (nSPS) is 20.7. The molecule has 0 N–H and O–H groups in total. The number of methoxy groups -OCH3 is 2. The van der Waals surface area contributed by atoms with Gasteiger partial charge in [-0.1, -0.05) is 56.4 Å². The summed E-state index contributed by atoms with van der Waals surface area (Å²) in [7, 11) is 0.690. The highest BCUT2D eigenvalue weighted by Gasteiger charge is 2.50. The smallest absolute Gasteiger partial charge is 0.324 e. The van der Waals surface area contributed by atoms with E-state index in [4.69, 9.17) is 13.9 Å². The fourth-order valence-electron chi connectivity index (χ4n) is 3.59. The molecule has 0 saturated heterocycles. The third kappa shape index (κ3) is 5.02. The fourth-order valence-corrected chi connectivity index (χ4v) is 4.45. The van der Waals surface area contributed by atoms with E-state index >= 15 is 0 Å². The van der Waals surface area contributed by atoms with Crippen LogP contribution in [0, 0.1) is 29.1 Å². The molecule has 6 heteroatoms. The Labute approximate surface area is 176 Å². The molecule has 0 aliphatic heterocycles. The van der Waals surface area contributed by atoms with Gasteiger partial charge in [-0.2, -0.15) is 0 Å². The topological polar surface area (TPSA) is 61.8 Å². The number of esters is 2. The van der Waals surface area contributed by atoms with Gasteiger partial charge in [-0.3, -0.25) is 9.59 Å². The standard InChI is InChI=1S/C23H34O5Si/c1-22(2,3)29(6,7)28-13-9-8-12-23(20(24)26-4,21(25)27-5)16-19-15-17-10-11-18(19)14-17/h10-11,15,17-18H,12-14,16H2,1-7H3/t17-,18+/m0/s1. The molecule has 2 bridgehead atoms. The van der Waals surface area contributed by atoms with E-state index in [2.05, 4.69) is 63.9 Å². The molecule has 0 unspecified atom stereocenters. The Morgan fingerprint density at radius 2 is 1.72 bits per heavy atom. The van der Waals surface area contributed by atoms with E-state index in [1.165, 1.54) is 14.2 Å². The van der Waals surface area contributed by atoms with Crippen molar-refractivity contribution in [2.75, 3.05) is 20.8 Å². The Balaban J connectivity index is 2.17. The lowest BCUT2D eigenvalue weighted by atomic mass is 9.76. The monoisotopic (exact) mass is 418 g/mol. The van der Waals surface area contributed by atoms with E-state index in [-0.39, 0.29) is 30.4 Å². The average Bonchev–Trinajstić information content (AvgIpc) is 3.27. The molecule has 0 saturated carbocycles.